The fraction of sp³-hybridized carbons (Fsp3) is 0.167. The van der Waals surface area contributed by atoms with E-state index in [1.165, 1.54) is 24.3 Å². The van der Waals surface area contributed by atoms with E-state index in [9.17, 15) is 14.0 Å². The summed E-state index contributed by atoms with van der Waals surface area (Å²) in [6.07, 6.45) is 0. The highest BCUT2D eigenvalue weighted by Gasteiger charge is 2.34. The normalized spacial score (nSPS) is 16.0. The van der Waals surface area contributed by atoms with Gasteiger partial charge in [0.05, 0.1) is 5.75 Å². The first-order valence-electron chi connectivity index (χ1n) is 9.59. The third-order valence-electron chi connectivity index (χ3n) is 4.89. The number of benzene rings is 3. The SMILES string of the molecule is Cc1cc(C)cc(N2C(=O)CSC2c2cccc(NC(=O)c3ccc(F)cc3)c2)c1. The predicted molar refractivity (Wildman–Crippen MR) is 119 cm³/mol. The van der Waals surface area contributed by atoms with Crippen LogP contribution in [0.5, 0.6) is 0 Å². The first kappa shape index (κ1) is 20.2. The van der Waals surface area contributed by atoms with Gasteiger partial charge in [-0.25, -0.2) is 4.39 Å². The summed E-state index contributed by atoms with van der Waals surface area (Å²) in [7, 11) is 0. The summed E-state index contributed by atoms with van der Waals surface area (Å²) in [6, 6.07) is 19.0. The Morgan fingerprint density at radius 3 is 2.43 bits per heavy atom. The van der Waals surface area contributed by atoms with Crippen molar-refractivity contribution < 1.29 is 14.0 Å². The van der Waals surface area contributed by atoms with E-state index in [1.807, 2.05) is 49.1 Å². The van der Waals surface area contributed by atoms with Crippen LogP contribution in [-0.4, -0.2) is 17.6 Å². The Morgan fingerprint density at radius 1 is 1.03 bits per heavy atom. The van der Waals surface area contributed by atoms with Gasteiger partial charge in [0.25, 0.3) is 5.91 Å². The van der Waals surface area contributed by atoms with Gasteiger partial charge in [-0.15, -0.1) is 11.8 Å². The number of halogens is 1. The fourth-order valence-corrected chi connectivity index (χ4v) is 4.78. The number of nitrogens with one attached hydrogen (secondary N) is 1. The molecule has 1 aliphatic heterocycles. The van der Waals surface area contributed by atoms with Crippen molar-refractivity contribution in [1.29, 1.82) is 0 Å². The molecule has 2 amide bonds. The van der Waals surface area contributed by atoms with Gasteiger partial charge >= 0.3 is 0 Å². The van der Waals surface area contributed by atoms with Crippen LogP contribution >= 0.6 is 11.8 Å². The third-order valence-corrected chi connectivity index (χ3v) is 6.10. The predicted octanol–water partition coefficient (Wildman–Crippen LogP) is 5.47. The van der Waals surface area contributed by atoms with Crippen LogP contribution in [0.4, 0.5) is 15.8 Å². The molecule has 6 heteroatoms. The second-order valence-corrected chi connectivity index (χ2v) is 8.43. The first-order chi connectivity index (χ1) is 14.4. The number of hydrogen-bond donors (Lipinski definition) is 1. The van der Waals surface area contributed by atoms with E-state index in [0.717, 1.165) is 22.4 Å². The Hall–Kier alpha value is -3.12. The molecule has 3 aromatic rings. The molecule has 4 rings (SSSR count). The highest BCUT2D eigenvalue weighted by molar-refractivity contribution is 8.00. The van der Waals surface area contributed by atoms with Gasteiger partial charge in [0, 0.05) is 16.9 Å². The molecular weight excluding hydrogens is 399 g/mol. The number of hydrogen-bond acceptors (Lipinski definition) is 3. The third kappa shape index (κ3) is 4.24. The van der Waals surface area contributed by atoms with Gasteiger partial charge < -0.3 is 5.32 Å². The van der Waals surface area contributed by atoms with Crippen molar-refractivity contribution >= 4 is 35.0 Å². The molecule has 152 valence electrons. The number of nitrogens with zero attached hydrogens (tertiary/aromatic N) is 1. The average Bonchev–Trinajstić information content (AvgIpc) is 3.09. The maximum atomic E-state index is 13.1. The molecule has 0 aromatic heterocycles. The van der Waals surface area contributed by atoms with Gasteiger partial charge in [0.1, 0.15) is 11.2 Å². The number of amides is 2. The molecule has 30 heavy (non-hydrogen) atoms. The minimum absolute atomic E-state index is 0.0655. The summed E-state index contributed by atoms with van der Waals surface area (Å²) in [6.45, 7) is 4.04. The number of carbonyl (C=O) groups excluding carboxylic acids is 2. The van der Waals surface area contributed by atoms with E-state index in [2.05, 4.69) is 11.4 Å². The summed E-state index contributed by atoms with van der Waals surface area (Å²) in [5.74, 6) is -0.226. The summed E-state index contributed by atoms with van der Waals surface area (Å²) in [4.78, 5) is 27.0. The van der Waals surface area contributed by atoms with Crippen LogP contribution in [-0.2, 0) is 4.79 Å². The number of carbonyl (C=O) groups is 2. The Morgan fingerprint density at radius 2 is 1.73 bits per heavy atom. The number of aryl methyl sites for hydroxylation is 2. The maximum absolute atomic E-state index is 13.1. The minimum Gasteiger partial charge on any atom is -0.322 e. The number of thioether (sulfide) groups is 1. The van der Waals surface area contributed by atoms with Gasteiger partial charge in [0.2, 0.25) is 5.91 Å². The Labute approximate surface area is 179 Å². The van der Waals surface area contributed by atoms with E-state index in [4.69, 9.17) is 0 Å². The standard InChI is InChI=1S/C24H21FN2O2S/c1-15-10-16(2)12-21(11-15)27-22(28)14-30-24(27)18-4-3-5-20(13-18)26-23(29)17-6-8-19(25)9-7-17/h3-13,24H,14H2,1-2H3,(H,26,29). The fourth-order valence-electron chi connectivity index (χ4n) is 3.61. The molecule has 0 saturated carbocycles. The van der Waals surface area contributed by atoms with Gasteiger partial charge in [0.15, 0.2) is 0 Å². The topological polar surface area (TPSA) is 49.4 Å². The quantitative estimate of drug-likeness (QED) is 0.609. The van der Waals surface area contributed by atoms with E-state index < -0.39 is 0 Å². The highest BCUT2D eigenvalue weighted by atomic mass is 32.2. The molecule has 1 fully saturated rings. The zero-order valence-corrected chi connectivity index (χ0v) is 17.5. The largest absolute Gasteiger partial charge is 0.322 e. The first-order valence-corrected chi connectivity index (χ1v) is 10.6. The molecule has 0 spiro atoms. The lowest BCUT2D eigenvalue weighted by molar-refractivity contribution is -0.115. The lowest BCUT2D eigenvalue weighted by Gasteiger charge is -2.25. The molecule has 0 bridgehead atoms. The molecule has 1 saturated heterocycles. The molecular formula is C24H21FN2O2S. The molecule has 0 radical (unpaired) electrons. The van der Waals surface area contributed by atoms with Crippen LogP contribution in [0.15, 0.2) is 66.7 Å². The van der Waals surface area contributed by atoms with Crippen molar-refractivity contribution in [1.82, 2.24) is 0 Å². The van der Waals surface area contributed by atoms with Crippen LogP contribution in [0.3, 0.4) is 0 Å². The van der Waals surface area contributed by atoms with Crippen molar-refractivity contribution in [2.75, 3.05) is 16.0 Å². The molecule has 1 atom stereocenters. The molecule has 1 heterocycles. The Balaban J connectivity index is 1.60. The van der Waals surface area contributed by atoms with Gasteiger partial charge in [-0.2, -0.15) is 0 Å². The zero-order chi connectivity index (χ0) is 21.3. The average molecular weight is 421 g/mol. The maximum Gasteiger partial charge on any atom is 0.255 e. The molecule has 1 aliphatic rings. The van der Waals surface area contributed by atoms with Crippen LogP contribution in [0.2, 0.25) is 0 Å². The van der Waals surface area contributed by atoms with Crippen LogP contribution in [0.1, 0.15) is 32.4 Å². The van der Waals surface area contributed by atoms with Crippen molar-refractivity contribution in [2.45, 2.75) is 19.2 Å². The molecule has 4 nitrogen and oxygen atoms in total. The van der Waals surface area contributed by atoms with Gasteiger partial charge in [-0.1, -0.05) is 18.2 Å². The molecule has 1 N–H and O–H groups in total. The second-order valence-electron chi connectivity index (χ2n) is 7.36. The Kier molecular flexibility index (Phi) is 5.59. The van der Waals surface area contributed by atoms with E-state index in [-0.39, 0.29) is 23.0 Å². The molecule has 0 aliphatic carbocycles. The highest BCUT2D eigenvalue weighted by Crippen LogP contribution is 2.42. The summed E-state index contributed by atoms with van der Waals surface area (Å²) < 4.78 is 13.1. The van der Waals surface area contributed by atoms with Crippen molar-refractivity contribution in [3.63, 3.8) is 0 Å². The molecule has 1 unspecified atom stereocenters. The van der Waals surface area contributed by atoms with Crippen LogP contribution in [0, 0.1) is 19.7 Å². The van der Waals surface area contributed by atoms with E-state index in [1.54, 1.807) is 17.8 Å². The summed E-state index contributed by atoms with van der Waals surface area (Å²) >= 11 is 1.57. The monoisotopic (exact) mass is 420 g/mol. The van der Waals surface area contributed by atoms with E-state index >= 15 is 0 Å². The van der Waals surface area contributed by atoms with Crippen molar-refractivity contribution in [2.24, 2.45) is 0 Å². The van der Waals surface area contributed by atoms with Gasteiger partial charge in [-0.3, -0.25) is 14.5 Å². The summed E-state index contributed by atoms with van der Waals surface area (Å²) in [5.41, 5.74) is 5.03. The summed E-state index contributed by atoms with van der Waals surface area (Å²) in [5, 5.41) is 2.69. The Bertz CT molecular complexity index is 1090. The number of anilines is 2. The zero-order valence-electron chi connectivity index (χ0n) is 16.7. The van der Waals surface area contributed by atoms with Crippen molar-refractivity contribution in [3.8, 4) is 0 Å². The van der Waals surface area contributed by atoms with E-state index in [0.29, 0.717) is 17.0 Å². The second kappa shape index (κ2) is 8.32. The lowest BCUT2D eigenvalue weighted by atomic mass is 10.1. The minimum atomic E-state index is -0.386. The molecule has 3 aromatic carbocycles. The lowest BCUT2D eigenvalue weighted by Crippen LogP contribution is -2.28. The van der Waals surface area contributed by atoms with Crippen LogP contribution in [0.25, 0.3) is 0 Å². The van der Waals surface area contributed by atoms with Gasteiger partial charge in [-0.05, 0) is 79.1 Å². The smallest absolute Gasteiger partial charge is 0.255 e. The van der Waals surface area contributed by atoms with Crippen LogP contribution < -0.4 is 10.2 Å². The van der Waals surface area contributed by atoms with Crippen molar-refractivity contribution in [3.05, 3.63) is 94.8 Å². The number of rotatable bonds is 4.